The van der Waals surface area contributed by atoms with Crippen molar-refractivity contribution in [2.75, 3.05) is 6.61 Å². The molecule has 55 valence electrons. The van der Waals surface area contributed by atoms with Gasteiger partial charge in [0.2, 0.25) is 0 Å². The number of alkyl halides is 3. The van der Waals surface area contributed by atoms with Crippen LogP contribution in [0.2, 0.25) is 0 Å². The lowest BCUT2D eigenvalue weighted by molar-refractivity contribution is -0.227. The Morgan fingerprint density at radius 1 is 1.22 bits per heavy atom. The molecule has 0 amide bonds. The Labute approximate surface area is 51.5 Å². The van der Waals surface area contributed by atoms with E-state index in [9.17, 15) is 18.3 Å². The van der Waals surface area contributed by atoms with Gasteiger partial charge >= 0.3 is 6.18 Å². The molecule has 0 aliphatic rings. The number of rotatable bonds is 1. The van der Waals surface area contributed by atoms with E-state index in [1.54, 1.807) is 0 Å². The third-order valence-electron chi connectivity index (χ3n) is 1.13. The Morgan fingerprint density at radius 3 is 1.56 bits per heavy atom. The lowest BCUT2D eigenvalue weighted by Gasteiger charge is -2.23. The van der Waals surface area contributed by atoms with Gasteiger partial charge in [0.1, 0.15) is 0 Å². The second-order valence-corrected chi connectivity index (χ2v) is 2.53. The average molecular weight is 141 g/mol. The molecule has 0 saturated heterocycles. The molecule has 0 aliphatic heterocycles. The van der Waals surface area contributed by atoms with Crippen molar-refractivity contribution >= 4 is 0 Å². The molecule has 0 rings (SSSR count). The first-order chi connectivity index (χ1) is 3.81. The molecule has 0 aromatic rings. The van der Waals surface area contributed by atoms with E-state index in [-0.39, 0.29) is 0 Å². The highest BCUT2D eigenvalue weighted by Crippen LogP contribution is 2.36. The summed E-state index contributed by atoms with van der Waals surface area (Å²) in [5, 5.41) is 9.88. The van der Waals surface area contributed by atoms with E-state index in [4.69, 9.17) is 0 Å². The summed E-state index contributed by atoms with van der Waals surface area (Å²) in [6, 6.07) is 0. The fourth-order valence-electron chi connectivity index (χ4n) is 0.0818. The predicted molar refractivity (Wildman–Crippen MR) is 25.4 cm³/mol. The fraction of sp³-hybridized carbons (Fsp3) is 1.00. The Hall–Kier alpha value is -0.250. The van der Waals surface area contributed by atoms with E-state index in [0.717, 1.165) is 13.8 Å². The van der Waals surface area contributed by atoms with Crippen LogP contribution in [0.4, 0.5) is 13.2 Å². The molecule has 0 spiro atoms. The van der Waals surface area contributed by atoms with Crippen LogP contribution >= 0.6 is 0 Å². The monoisotopic (exact) mass is 141 g/mol. The Balaban J connectivity index is 4.14. The molecular formula is C5H8F3O. The van der Waals surface area contributed by atoms with E-state index in [1.165, 1.54) is 0 Å². The summed E-state index contributed by atoms with van der Waals surface area (Å²) >= 11 is 0. The van der Waals surface area contributed by atoms with E-state index >= 15 is 0 Å². The van der Waals surface area contributed by atoms with Gasteiger partial charge in [-0.1, -0.05) is 0 Å². The maximum Gasteiger partial charge on any atom is 0.396 e. The lowest BCUT2D eigenvalue weighted by atomic mass is 9.94. The third-order valence-corrected chi connectivity index (χ3v) is 1.13. The molecule has 0 unspecified atom stereocenters. The summed E-state index contributed by atoms with van der Waals surface area (Å²) in [6.07, 6.45) is -4.37. The molecule has 4 heteroatoms. The Morgan fingerprint density at radius 2 is 1.56 bits per heavy atom. The number of hydrogen-bond donors (Lipinski definition) is 0. The molecule has 0 aromatic carbocycles. The number of halogens is 3. The van der Waals surface area contributed by atoms with Gasteiger partial charge in [0.15, 0.2) is 0 Å². The molecule has 1 radical (unpaired) electrons. The van der Waals surface area contributed by atoms with Crippen molar-refractivity contribution in [1.82, 2.24) is 0 Å². The Kier molecular flexibility index (Phi) is 2.11. The highest BCUT2D eigenvalue weighted by Gasteiger charge is 2.47. The van der Waals surface area contributed by atoms with Crippen molar-refractivity contribution in [3.05, 3.63) is 0 Å². The molecule has 9 heavy (non-hydrogen) atoms. The van der Waals surface area contributed by atoms with Crippen LogP contribution in [0.5, 0.6) is 0 Å². The molecule has 0 N–H and O–H groups in total. The summed E-state index contributed by atoms with van der Waals surface area (Å²) in [5.74, 6) is 0. The van der Waals surface area contributed by atoms with E-state index < -0.39 is 18.2 Å². The molecular weight excluding hydrogens is 133 g/mol. The zero-order chi connectivity index (χ0) is 7.71. The smallest absolute Gasteiger partial charge is 0.236 e. The van der Waals surface area contributed by atoms with Crippen LogP contribution in [0.3, 0.4) is 0 Å². The van der Waals surface area contributed by atoms with Crippen LogP contribution in [0.25, 0.3) is 0 Å². The quantitative estimate of drug-likeness (QED) is 0.532. The summed E-state index contributed by atoms with van der Waals surface area (Å²) in [4.78, 5) is 0. The molecule has 0 aliphatic carbocycles. The predicted octanol–water partition coefficient (Wildman–Crippen LogP) is 2.01. The van der Waals surface area contributed by atoms with Crippen LogP contribution in [-0.2, 0) is 5.11 Å². The van der Waals surface area contributed by atoms with Gasteiger partial charge in [-0.25, -0.2) is 5.11 Å². The minimum atomic E-state index is -4.37. The molecule has 0 aromatic heterocycles. The summed E-state index contributed by atoms with van der Waals surface area (Å²) < 4.78 is 34.9. The van der Waals surface area contributed by atoms with Gasteiger partial charge in [-0.05, 0) is 13.8 Å². The zero-order valence-electron chi connectivity index (χ0n) is 5.25. The molecule has 0 atom stereocenters. The molecule has 0 heterocycles. The van der Waals surface area contributed by atoms with Crippen LogP contribution in [0, 0.1) is 5.41 Å². The first kappa shape index (κ1) is 8.75. The molecule has 0 bridgehead atoms. The van der Waals surface area contributed by atoms with Crippen LogP contribution < -0.4 is 0 Å². The van der Waals surface area contributed by atoms with Gasteiger partial charge in [0, 0.05) is 0 Å². The molecule has 1 nitrogen and oxygen atoms in total. The highest BCUT2D eigenvalue weighted by molar-refractivity contribution is 4.75. The maximum atomic E-state index is 11.6. The minimum absolute atomic E-state index is 0.889. The van der Waals surface area contributed by atoms with Crippen molar-refractivity contribution < 1.29 is 18.3 Å². The van der Waals surface area contributed by atoms with Crippen molar-refractivity contribution in [2.45, 2.75) is 20.0 Å². The molecule has 0 fully saturated rings. The van der Waals surface area contributed by atoms with Gasteiger partial charge < -0.3 is 0 Å². The van der Waals surface area contributed by atoms with Gasteiger partial charge in [-0.2, -0.15) is 13.2 Å². The largest absolute Gasteiger partial charge is 0.396 e. The maximum absolute atomic E-state index is 11.6. The summed E-state index contributed by atoms with van der Waals surface area (Å²) in [6.45, 7) is 0.663. The van der Waals surface area contributed by atoms with Crippen molar-refractivity contribution in [3.8, 4) is 0 Å². The lowest BCUT2D eigenvalue weighted by Crippen LogP contribution is -2.34. The summed E-state index contributed by atoms with van der Waals surface area (Å²) in [7, 11) is 0. The van der Waals surface area contributed by atoms with Crippen LogP contribution in [0.15, 0.2) is 0 Å². The van der Waals surface area contributed by atoms with Crippen LogP contribution in [-0.4, -0.2) is 12.8 Å². The highest BCUT2D eigenvalue weighted by atomic mass is 19.4. The topological polar surface area (TPSA) is 19.9 Å². The van der Waals surface area contributed by atoms with Gasteiger partial charge in [0.25, 0.3) is 0 Å². The fourth-order valence-corrected chi connectivity index (χ4v) is 0.0818. The normalized spacial score (nSPS) is 14.0. The van der Waals surface area contributed by atoms with Gasteiger partial charge in [-0.3, -0.25) is 0 Å². The SMILES string of the molecule is CC(C)(C[O])C(F)(F)F. The van der Waals surface area contributed by atoms with E-state index in [0.29, 0.717) is 0 Å². The van der Waals surface area contributed by atoms with E-state index in [1.807, 2.05) is 0 Å². The van der Waals surface area contributed by atoms with Crippen molar-refractivity contribution in [3.63, 3.8) is 0 Å². The zero-order valence-corrected chi connectivity index (χ0v) is 5.25. The third kappa shape index (κ3) is 1.86. The minimum Gasteiger partial charge on any atom is -0.236 e. The van der Waals surface area contributed by atoms with Crippen molar-refractivity contribution in [2.24, 2.45) is 5.41 Å². The summed E-state index contributed by atoms with van der Waals surface area (Å²) in [5.41, 5.74) is -2.08. The Bertz CT molecular complexity index is 94.9. The first-order valence-corrected chi connectivity index (χ1v) is 2.46. The molecule has 0 saturated carbocycles. The second kappa shape index (κ2) is 2.17. The van der Waals surface area contributed by atoms with Gasteiger partial charge in [0.05, 0.1) is 12.0 Å². The van der Waals surface area contributed by atoms with Gasteiger partial charge in [-0.15, -0.1) is 0 Å². The van der Waals surface area contributed by atoms with Crippen molar-refractivity contribution in [1.29, 1.82) is 0 Å². The number of hydrogen-bond acceptors (Lipinski definition) is 0. The average Bonchev–Trinajstić information content (AvgIpc) is 1.64. The standard InChI is InChI=1S/C5H8F3O/c1-4(2,3-9)5(6,7)8/h3H2,1-2H3. The van der Waals surface area contributed by atoms with E-state index in [2.05, 4.69) is 0 Å². The second-order valence-electron chi connectivity index (χ2n) is 2.53. The van der Waals surface area contributed by atoms with Crippen LogP contribution in [0.1, 0.15) is 13.8 Å². The first-order valence-electron chi connectivity index (χ1n) is 2.46.